The van der Waals surface area contributed by atoms with Crippen molar-refractivity contribution in [2.75, 3.05) is 0 Å². The summed E-state index contributed by atoms with van der Waals surface area (Å²) in [6, 6.07) is -2.27. The highest BCUT2D eigenvalue weighted by Gasteiger charge is 2.50. The van der Waals surface area contributed by atoms with E-state index in [-0.39, 0.29) is 18.2 Å². The Labute approximate surface area is 712 Å². The molecule has 12 aromatic carbocycles. The van der Waals surface area contributed by atoms with Gasteiger partial charge in [-0.15, -0.1) is 0 Å². The van der Waals surface area contributed by atoms with Gasteiger partial charge in [0.2, 0.25) is 52.4 Å². The van der Waals surface area contributed by atoms with Gasteiger partial charge >= 0.3 is 7.32 Å². The predicted octanol–water partition coefficient (Wildman–Crippen LogP) is 27.4. The van der Waals surface area contributed by atoms with Crippen molar-refractivity contribution in [3.05, 3.63) is 313 Å². The average Bonchev–Trinajstić information content (AvgIpc) is 1.55. The molecule has 0 N–H and O–H groups in total. The van der Waals surface area contributed by atoms with Crippen molar-refractivity contribution in [1.82, 2.24) is 14.2 Å². The number of hydrogen-bond donors (Lipinski definition) is 0. The van der Waals surface area contributed by atoms with Gasteiger partial charge in [0.1, 0.15) is 17.1 Å². The Kier molecular flexibility index (Phi) is 23.2. The van der Waals surface area contributed by atoms with E-state index >= 15 is 198 Å². The SMILES string of the molecule is Fc1c(F)c(F)c(-c2c(Cl)ccc3c2c(-c2c(F)c(F)c(F)c(F)c2F)c(-c2c(F)c(F)c(F)c(F)c2F)n3OB(On2c(-c3c(F)c(F)c(F)c(F)c3F)c(-c3c(F)c(F)c(F)c(F)c3F)c3c(-c4c(F)c(F)c(F)c(F)c4F)c(Cl)ccc32)On2c(-c3c(F)c(F)c(F)c(F)c3F)c(-c3c(F)c(F)c(F)c(F)c3F)c3c(-c4c(F)c(F)c(F)c(F)c4F)c(Cl)ccc32)c(F)c1F. The van der Waals surface area contributed by atoms with Crippen LogP contribution in [0.3, 0.4) is 0 Å². The molecule has 0 saturated heterocycles. The van der Waals surface area contributed by atoms with Gasteiger partial charge < -0.3 is 14.3 Å². The molecular weight excluding hydrogens is 2000 g/mol. The first-order chi connectivity index (χ1) is 62.1. The van der Waals surface area contributed by atoms with E-state index in [2.05, 4.69) is 0 Å². The van der Waals surface area contributed by atoms with E-state index < -0.39 is 450 Å². The third kappa shape index (κ3) is 13.2. The van der Waals surface area contributed by atoms with Crippen molar-refractivity contribution in [1.29, 1.82) is 0 Å². The van der Waals surface area contributed by atoms with Gasteiger partial charge in [0.25, 0.3) is 0 Å². The lowest BCUT2D eigenvalue weighted by Gasteiger charge is -2.24. The molecule has 133 heavy (non-hydrogen) atoms. The van der Waals surface area contributed by atoms with Crippen LogP contribution in [0, 0.1) is 262 Å². The summed E-state index contributed by atoms with van der Waals surface area (Å²) < 4.78 is 752. The van der Waals surface area contributed by atoms with Gasteiger partial charge in [-0.3, -0.25) is 0 Å². The normalized spacial score (nSPS) is 11.9. The first kappa shape index (κ1) is 94.1. The van der Waals surface area contributed by atoms with Gasteiger partial charge in [0.05, 0.1) is 66.6 Å². The Hall–Kier alpha value is -13.6. The van der Waals surface area contributed by atoms with Crippen molar-refractivity contribution < 1.29 is 212 Å². The smallest absolute Gasteiger partial charge is 0.395 e. The van der Waals surface area contributed by atoms with Crippen LogP contribution in [-0.4, -0.2) is 21.5 Å². The van der Waals surface area contributed by atoms with Crippen molar-refractivity contribution in [3.63, 3.8) is 0 Å². The quantitative estimate of drug-likeness (QED) is 0.0445. The van der Waals surface area contributed by atoms with Crippen LogP contribution in [0.5, 0.6) is 0 Å². The molecule has 0 atom stereocenters. The van der Waals surface area contributed by atoms with Crippen LogP contribution in [0.15, 0.2) is 36.4 Å². The minimum Gasteiger partial charge on any atom is -0.395 e. The van der Waals surface area contributed by atoms with Gasteiger partial charge in [-0.05, 0) is 36.4 Å². The summed E-state index contributed by atoms with van der Waals surface area (Å²) in [5.41, 5.74) is -64.3. The van der Waals surface area contributed by atoms with Gasteiger partial charge in [-0.1, -0.05) is 34.8 Å². The highest BCUT2D eigenvalue weighted by atomic mass is 35.5. The standard InChI is InChI=1S/C78H6BCl3F45N3O3/c80-7-1-4-10-16(13(7)22-31(83)49(101)67(119)50(102)32(22)84)19(25-37(89)55(107)70(122)56(108)38(25)90)76(28-43(95)61(113)73(125)62(114)44(28)96)128(10)131-79(132-129-11-5-2-8(81)14(23-33(85)51(103)68(120)52(104)34(23)86)17(11)20(26-39(91)57(109)71(123)58(110)40(26)92)77(129)29-45(97)63(115)74(126)64(116)46(29)98)133-130-12-6-3-9(82)15(24-35(87)53(105)69(121)54(106)36(24)88)18(12)21(27-41(93)59(111)72(124)60(112)42(27)94)78(130)30-47(99)65(117)75(127)66(118)48(30)100/h1-6H. The van der Waals surface area contributed by atoms with Crippen LogP contribution < -0.4 is 14.3 Å². The van der Waals surface area contributed by atoms with E-state index in [0.717, 1.165) is 0 Å². The monoisotopic (exact) mass is 2000 g/mol. The fourth-order valence-corrected chi connectivity index (χ4v) is 14.9. The molecule has 0 saturated carbocycles. The van der Waals surface area contributed by atoms with E-state index in [1.165, 1.54) is 0 Å². The molecule has 690 valence electrons. The van der Waals surface area contributed by atoms with Crippen LogP contribution in [0.25, 0.3) is 133 Å². The Morgan fingerprint density at radius 3 is 0.391 bits per heavy atom. The number of hydrogen-bond acceptors (Lipinski definition) is 3. The van der Waals surface area contributed by atoms with Crippen LogP contribution in [0.4, 0.5) is 198 Å². The molecular formula is C78H6BCl3F45N3O3. The van der Waals surface area contributed by atoms with Crippen LogP contribution in [0.1, 0.15) is 0 Å². The second-order valence-corrected chi connectivity index (χ2v) is 27.8. The third-order valence-corrected chi connectivity index (χ3v) is 20.7. The Bertz CT molecular complexity index is 6890. The Morgan fingerprint density at radius 1 is 0.143 bits per heavy atom. The van der Waals surface area contributed by atoms with Crippen LogP contribution in [-0.2, 0) is 0 Å². The molecule has 3 heterocycles. The topological polar surface area (TPSA) is 42.5 Å². The summed E-state index contributed by atoms with van der Waals surface area (Å²) in [5, 5.41) is -14.3. The summed E-state index contributed by atoms with van der Waals surface area (Å²) in [6.45, 7) is 0. The lowest BCUT2D eigenvalue weighted by molar-refractivity contribution is 0.0828. The molecule has 55 heteroatoms. The minimum absolute atomic E-state index is 0.318. The fourth-order valence-electron chi connectivity index (χ4n) is 14.2. The van der Waals surface area contributed by atoms with E-state index in [1.807, 2.05) is 0 Å². The number of rotatable bonds is 15. The molecule has 6 nitrogen and oxygen atoms in total. The van der Waals surface area contributed by atoms with Crippen molar-refractivity contribution in [2.45, 2.75) is 0 Å². The summed E-state index contributed by atoms with van der Waals surface area (Å²) >= 11 is 18.8. The Morgan fingerprint density at radius 2 is 0.256 bits per heavy atom. The molecule has 0 bridgehead atoms. The highest BCUT2D eigenvalue weighted by Crippen LogP contribution is 2.58. The number of aromatic nitrogens is 3. The maximum Gasteiger partial charge on any atom is 0.926 e. The summed E-state index contributed by atoms with van der Waals surface area (Å²) in [4.78, 5) is 0. The van der Waals surface area contributed by atoms with Crippen LogP contribution in [0.2, 0.25) is 15.1 Å². The maximum absolute atomic E-state index is 17.6. The molecule has 0 aliphatic rings. The summed E-state index contributed by atoms with van der Waals surface area (Å²) in [5.74, 6) is -163. The Balaban J connectivity index is 1.29. The zero-order valence-electron chi connectivity index (χ0n) is 60.8. The molecule has 0 unspecified atom stereocenters. The van der Waals surface area contributed by atoms with E-state index in [4.69, 9.17) is 49.1 Å². The third-order valence-electron chi connectivity index (χ3n) is 19.8. The van der Waals surface area contributed by atoms with Crippen LogP contribution >= 0.6 is 34.8 Å². The molecule has 0 spiro atoms. The van der Waals surface area contributed by atoms with E-state index in [9.17, 15) is 0 Å². The minimum atomic E-state index is -5.45. The lowest BCUT2D eigenvalue weighted by Crippen LogP contribution is -2.49. The van der Waals surface area contributed by atoms with Gasteiger partial charge in [0.15, 0.2) is 209 Å². The van der Waals surface area contributed by atoms with Gasteiger partial charge in [-0.2, -0.15) is 14.2 Å². The molecule has 0 aliphatic carbocycles. The van der Waals surface area contributed by atoms with Gasteiger partial charge in [-0.25, -0.2) is 198 Å². The first-order valence-electron chi connectivity index (χ1n) is 33.9. The molecule has 0 radical (unpaired) electrons. The fraction of sp³-hybridized carbons (Fsp3) is 0. The number of benzene rings is 12. The summed E-state index contributed by atoms with van der Waals surface area (Å²) in [6.07, 6.45) is 0. The van der Waals surface area contributed by atoms with E-state index in [1.54, 1.807) is 0 Å². The second kappa shape index (κ2) is 32.7. The van der Waals surface area contributed by atoms with Crippen molar-refractivity contribution >= 4 is 74.8 Å². The van der Waals surface area contributed by atoms with E-state index in [0.29, 0.717) is 0 Å². The molecule has 15 aromatic rings. The number of halogens is 48. The highest BCUT2D eigenvalue weighted by molar-refractivity contribution is 6.40. The first-order valence-corrected chi connectivity index (χ1v) is 35.0. The van der Waals surface area contributed by atoms with Crippen molar-refractivity contribution in [3.8, 4) is 101 Å². The molecule has 0 aliphatic heterocycles. The lowest BCUT2D eigenvalue weighted by atomic mass is 9.91. The molecule has 0 amide bonds. The molecule has 3 aromatic heterocycles. The average molecular weight is 2010 g/mol. The van der Waals surface area contributed by atoms with Crippen molar-refractivity contribution in [2.24, 2.45) is 0 Å². The number of fused-ring (bicyclic) bond motifs is 3. The zero-order chi connectivity index (χ0) is 98.2. The molecule has 15 rings (SSSR count). The zero-order valence-corrected chi connectivity index (χ0v) is 63.0. The molecule has 0 fully saturated rings. The second-order valence-electron chi connectivity index (χ2n) is 26.6. The maximum atomic E-state index is 17.6. The largest absolute Gasteiger partial charge is 0.926 e. The predicted molar refractivity (Wildman–Crippen MR) is 363 cm³/mol. The van der Waals surface area contributed by atoms with Gasteiger partial charge in [0, 0.05) is 64.6 Å². The summed E-state index contributed by atoms with van der Waals surface area (Å²) in [7, 11) is -5.45. The number of nitrogens with zero attached hydrogens (tertiary/aromatic N) is 3.